The molecule has 1 saturated carbocycles. The van der Waals surface area contributed by atoms with Crippen LogP contribution in [0.3, 0.4) is 0 Å². The molecule has 0 amide bonds. The summed E-state index contributed by atoms with van der Waals surface area (Å²) >= 11 is 3.63. The van der Waals surface area contributed by atoms with Crippen molar-refractivity contribution in [2.75, 3.05) is 11.9 Å². The average Bonchev–Trinajstić information content (AvgIpc) is 2.92. The van der Waals surface area contributed by atoms with E-state index < -0.39 is 0 Å². The summed E-state index contributed by atoms with van der Waals surface area (Å²) in [5.74, 6) is 2.07. The maximum absolute atomic E-state index is 4.86. The maximum atomic E-state index is 4.86. The van der Waals surface area contributed by atoms with E-state index in [1.54, 1.807) is 0 Å². The Morgan fingerprint density at radius 3 is 2.71 bits per heavy atom. The molecule has 1 aliphatic rings. The Morgan fingerprint density at radius 1 is 1.29 bits per heavy atom. The van der Waals surface area contributed by atoms with Gasteiger partial charge in [0, 0.05) is 24.6 Å². The number of hydrogen-bond acceptors (Lipinski definition) is 2. The van der Waals surface area contributed by atoms with Crippen LogP contribution in [0, 0.1) is 5.92 Å². The lowest BCUT2D eigenvalue weighted by Crippen LogP contribution is -2.35. The predicted molar refractivity (Wildman–Crippen MR) is 92.3 cm³/mol. The lowest BCUT2D eigenvalue weighted by atomic mass is 9.84. The van der Waals surface area contributed by atoms with Crippen LogP contribution in [0.2, 0.25) is 0 Å². The van der Waals surface area contributed by atoms with Crippen LogP contribution in [0.15, 0.2) is 24.4 Å². The first-order valence-electron chi connectivity index (χ1n) is 7.99. The topological polar surface area (TPSA) is 20.5 Å². The van der Waals surface area contributed by atoms with E-state index in [1.165, 1.54) is 37.8 Å². The molecule has 4 heteroatoms. The van der Waals surface area contributed by atoms with E-state index in [1.807, 2.05) is 0 Å². The molecule has 114 valence electrons. The molecular weight excluding hydrogens is 326 g/mol. The number of alkyl halides is 1. The fourth-order valence-electron chi connectivity index (χ4n) is 3.55. The third-order valence-corrected chi connectivity index (χ3v) is 5.54. The number of fused-ring (bicyclic) bond motifs is 1. The van der Waals surface area contributed by atoms with E-state index in [4.69, 9.17) is 4.98 Å². The SMILES string of the molecule is CCC1CCC(N(C)c2nc3ccccn3c2CBr)CC1. The Labute approximate surface area is 135 Å². The highest BCUT2D eigenvalue weighted by Crippen LogP contribution is 2.32. The minimum absolute atomic E-state index is 0.635. The summed E-state index contributed by atoms with van der Waals surface area (Å²) in [6.45, 7) is 2.32. The zero-order chi connectivity index (χ0) is 14.8. The molecule has 1 fully saturated rings. The second-order valence-corrected chi connectivity index (χ2v) is 6.70. The lowest BCUT2D eigenvalue weighted by Gasteiger charge is -2.35. The Balaban J connectivity index is 1.86. The molecule has 21 heavy (non-hydrogen) atoms. The number of imidazole rings is 1. The third-order valence-electron chi connectivity index (χ3n) is 5.01. The van der Waals surface area contributed by atoms with Crippen LogP contribution < -0.4 is 4.90 Å². The molecule has 0 bridgehead atoms. The van der Waals surface area contributed by atoms with Crippen LogP contribution in [0.4, 0.5) is 5.82 Å². The first kappa shape index (κ1) is 14.9. The average molecular weight is 350 g/mol. The number of aromatic nitrogens is 2. The molecule has 2 aromatic heterocycles. The van der Waals surface area contributed by atoms with Crippen molar-refractivity contribution >= 4 is 27.4 Å². The highest BCUT2D eigenvalue weighted by molar-refractivity contribution is 9.08. The normalized spacial score (nSPS) is 22.6. The van der Waals surface area contributed by atoms with Gasteiger partial charge in [0.05, 0.1) is 5.69 Å². The predicted octanol–water partition coefficient (Wildman–Crippen LogP) is 4.63. The molecule has 0 N–H and O–H groups in total. The Bertz CT molecular complexity index is 599. The van der Waals surface area contributed by atoms with Crippen molar-refractivity contribution in [3.8, 4) is 0 Å². The lowest BCUT2D eigenvalue weighted by molar-refractivity contribution is 0.313. The van der Waals surface area contributed by atoms with E-state index >= 15 is 0 Å². The van der Waals surface area contributed by atoms with Crippen molar-refractivity contribution in [2.24, 2.45) is 5.92 Å². The number of rotatable bonds is 4. The van der Waals surface area contributed by atoms with Gasteiger partial charge in [0.1, 0.15) is 5.65 Å². The molecule has 0 unspecified atom stereocenters. The number of anilines is 1. The van der Waals surface area contributed by atoms with Crippen LogP contribution in [0.1, 0.15) is 44.7 Å². The van der Waals surface area contributed by atoms with E-state index in [2.05, 4.69) is 63.6 Å². The number of hydrogen-bond donors (Lipinski definition) is 0. The Hall–Kier alpha value is -1.03. The monoisotopic (exact) mass is 349 g/mol. The van der Waals surface area contributed by atoms with Crippen molar-refractivity contribution in [1.29, 1.82) is 0 Å². The molecule has 1 aliphatic carbocycles. The Kier molecular flexibility index (Phi) is 4.53. The van der Waals surface area contributed by atoms with Gasteiger partial charge in [-0.1, -0.05) is 35.3 Å². The van der Waals surface area contributed by atoms with Gasteiger partial charge in [-0.2, -0.15) is 0 Å². The summed E-state index contributed by atoms with van der Waals surface area (Å²) in [5, 5.41) is 0.835. The second-order valence-electron chi connectivity index (χ2n) is 6.14. The summed E-state index contributed by atoms with van der Waals surface area (Å²) in [4.78, 5) is 7.27. The maximum Gasteiger partial charge on any atom is 0.152 e. The quantitative estimate of drug-likeness (QED) is 0.749. The summed E-state index contributed by atoms with van der Waals surface area (Å²) < 4.78 is 2.19. The molecule has 3 nitrogen and oxygen atoms in total. The molecule has 2 heterocycles. The van der Waals surface area contributed by atoms with Gasteiger partial charge >= 0.3 is 0 Å². The van der Waals surface area contributed by atoms with Crippen LogP contribution >= 0.6 is 15.9 Å². The molecule has 0 saturated heterocycles. The molecule has 2 aromatic rings. The summed E-state index contributed by atoms with van der Waals surface area (Å²) in [7, 11) is 2.21. The van der Waals surface area contributed by atoms with E-state index in [-0.39, 0.29) is 0 Å². The zero-order valence-corrected chi connectivity index (χ0v) is 14.5. The third kappa shape index (κ3) is 2.83. The van der Waals surface area contributed by atoms with Gasteiger partial charge in [-0.25, -0.2) is 4.98 Å². The van der Waals surface area contributed by atoms with Crippen LogP contribution in [0.25, 0.3) is 5.65 Å². The van der Waals surface area contributed by atoms with Crippen molar-refractivity contribution in [1.82, 2.24) is 9.38 Å². The number of pyridine rings is 1. The minimum Gasteiger partial charge on any atom is -0.355 e. The van der Waals surface area contributed by atoms with Crippen molar-refractivity contribution < 1.29 is 0 Å². The molecule has 0 atom stereocenters. The van der Waals surface area contributed by atoms with Crippen LogP contribution in [-0.4, -0.2) is 22.5 Å². The summed E-state index contributed by atoms with van der Waals surface area (Å²) in [6, 6.07) is 6.83. The number of halogens is 1. The van der Waals surface area contributed by atoms with Gasteiger partial charge < -0.3 is 9.30 Å². The summed E-state index contributed by atoms with van der Waals surface area (Å²) in [5.41, 5.74) is 2.29. The minimum atomic E-state index is 0.635. The summed E-state index contributed by atoms with van der Waals surface area (Å²) in [6.07, 6.45) is 8.75. The van der Waals surface area contributed by atoms with Gasteiger partial charge in [0.2, 0.25) is 0 Å². The molecule has 0 spiro atoms. The first-order chi connectivity index (χ1) is 10.2. The number of nitrogens with zero attached hydrogens (tertiary/aromatic N) is 3. The first-order valence-corrected chi connectivity index (χ1v) is 9.11. The van der Waals surface area contributed by atoms with E-state index in [9.17, 15) is 0 Å². The molecular formula is C17H24BrN3. The molecule has 3 rings (SSSR count). The zero-order valence-electron chi connectivity index (χ0n) is 12.9. The molecule has 0 radical (unpaired) electrons. The van der Waals surface area contributed by atoms with Gasteiger partial charge in [-0.15, -0.1) is 0 Å². The fraction of sp³-hybridized carbons (Fsp3) is 0.588. The smallest absolute Gasteiger partial charge is 0.152 e. The van der Waals surface area contributed by atoms with Gasteiger partial charge in [-0.05, 0) is 43.7 Å². The molecule has 0 aromatic carbocycles. The largest absolute Gasteiger partial charge is 0.355 e. The van der Waals surface area contributed by atoms with Crippen LogP contribution in [-0.2, 0) is 5.33 Å². The van der Waals surface area contributed by atoms with E-state index in [0.29, 0.717) is 6.04 Å². The van der Waals surface area contributed by atoms with E-state index in [0.717, 1.165) is 22.7 Å². The highest BCUT2D eigenvalue weighted by atomic mass is 79.9. The van der Waals surface area contributed by atoms with Gasteiger partial charge in [0.15, 0.2) is 5.82 Å². The highest BCUT2D eigenvalue weighted by Gasteiger charge is 2.26. The van der Waals surface area contributed by atoms with Crippen molar-refractivity contribution in [2.45, 2.75) is 50.4 Å². The van der Waals surface area contributed by atoms with Crippen molar-refractivity contribution in [3.05, 3.63) is 30.1 Å². The van der Waals surface area contributed by atoms with Gasteiger partial charge in [0.25, 0.3) is 0 Å². The Morgan fingerprint density at radius 2 is 2.05 bits per heavy atom. The van der Waals surface area contributed by atoms with Crippen LogP contribution in [0.5, 0.6) is 0 Å². The standard InChI is InChI=1S/C17H24BrN3/c1-3-13-7-9-14(10-8-13)20(2)17-15(12-18)21-11-5-4-6-16(21)19-17/h4-6,11,13-14H,3,7-10,12H2,1-2H3. The van der Waals surface area contributed by atoms with Crippen molar-refractivity contribution in [3.63, 3.8) is 0 Å². The van der Waals surface area contributed by atoms with Gasteiger partial charge in [-0.3, -0.25) is 0 Å². The molecule has 0 aliphatic heterocycles. The fourth-order valence-corrected chi connectivity index (χ4v) is 4.08. The second kappa shape index (κ2) is 6.39.